The van der Waals surface area contributed by atoms with Crippen molar-refractivity contribution in [1.82, 2.24) is 4.98 Å². The quantitative estimate of drug-likeness (QED) is 0.385. The third-order valence-electron chi connectivity index (χ3n) is 3.49. The largest absolute Gasteiger partial charge is 0.465 e. The molecule has 0 saturated heterocycles. The van der Waals surface area contributed by atoms with Crippen molar-refractivity contribution in [3.63, 3.8) is 0 Å². The van der Waals surface area contributed by atoms with Crippen LogP contribution in [0.2, 0.25) is 0 Å². The van der Waals surface area contributed by atoms with Gasteiger partial charge < -0.3 is 9.72 Å². The summed E-state index contributed by atoms with van der Waals surface area (Å²) in [6, 6.07) is 3.42. The van der Waals surface area contributed by atoms with Crippen molar-refractivity contribution in [2.24, 2.45) is 5.41 Å². The average Bonchev–Trinajstić information content (AvgIpc) is 2.98. The summed E-state index contributed by atoms with van der Waals surface area (Å²) in [6.45, 7) is 5.91. The van der Waals surface area contributed by atoms with Crippen molar-refractivity contribution in [3.8, 4) is 0 Å². The minimum atomic E-state index is -1.18. The molecular formula is C14H17NO3. The van der Waals surface area contributed by atoms with Crippen LogP contribution in [0.1, 0.15) is 36.7 Å². The van der Waals surface area contributed by atoms with Crippen LogP contribution in [0.3, 0.4) is 0 Å². The number of ketones is 1. The predicted octanol–water partition coefficient (Wildman–Crippen LogP) is 2.49. The lowest BCUT2D eigenvalue weighted by Crippen LogP contribution is -2.39. The van der Waals surface area contributed by atoms with E-state index in [4.69, 9.17) is 4.74 Å². The van der Waals surface area contributed by atoms with Gasteiger partial charge in [-0.1, -0.05) is 12.2 Å². The maximum Gasteiger partial charge on any atom is 0.324 e. The number of H-pyrrole nitrogens is 1. The monoisotopic (exact) mass is 247 g/mol. The highest BCUT2D eigenvalue weighted by molar-refractivity contribution is 6.14. The van der Waals surface area contributed by atoms with Crippen LogP contribution in [0, 0.1) is 5.41 Å². The molecule has 1 aliphatic rings. The number of carbonyl (C=O) groups excluding carboxylic acids is 2. The third-order valence-corrected chi connectivity index (χ3v) is 3.49. The van der Waals surface area contributed by atoms with E-state index in [-0.39, 0.29) is 12.4 Å². The molecule has 0 radical (unpaired) electrons. The summed E-state index contributed by atoms with van der Waals surface area (Å²) < 4.78 is 5.08. The number of esters is 1. The van der Waals surface area contributed by atoms with Crippen LogP contribution >= 0.6 is 0 Å². The Morgan fingerprint density at radius 2 is 2.33 bits per heavy atom. The molecule has 4 heteroatoms. The van der Waals surface area contributed by atoms with Gasteiger partial charge in [-0.2, -0.15) is 0 Å². The number of hydrogen-bond donors (Lipinski definition) is 1. The van der Waals surface area contributed by atoms with Crippen molar-refractivity contribution in [2.45, 2.75) is 26.2 Å². The second kappa shape index (κ2) is 4.80. The molecule has 0 spiro atoms. The Labute approximate surface area is 106 Å². The number of rotatable bonds is 4. The Morgan fingerprint density at radius 1 is 1.56 bits per heavy atom. The SMILES string of the molecule is C=C1CCCC1(C(=O)OCC)C(=O)c1ccc[nH]1. The van der Waals surface area contributed by atoms with Crippen LogP contribution in [0.15, 0.2) is 30.5 Å². The van der Waals surface area contributed by atoms with Gasteiger partial charge in [0.1, 0.15) is 0 Å². The fourth-order valence-electron chi connectivity index (χ4n) is 2.53. The van der Waals surface area contributed by atoms with Crippen LogP contribution in [-0.2, 0) is 9.53 Å². The first kappa shape index (κ1) is 12.6. The van der Waals surface area contributed by atoms with E-state index in [0.29, 0.717) is 24.1 Å². The fraction of sp³-hybridized carbons (Fsp3) is 0.429. The van der Waals surface area contributed by atoms with Crippen molar-refractivity contribution >= 4 is 11.8 Å². The van der Waals surface area contributed by atoms with E-state index in [1.54, 1.807) is 25.3 Å². The van der Waals surface area contributed by atoms with Crippen molar-refractivity contribution in [3.05, 3.63) is 36.2 Å². The Kier molecular flexibility index (Phi) is 3.36. The van der Waals surface area contributed by atoms with Crippen molar-refractivity contribution in [1.29, 1.82) is 0 Å². The zero-order valence-electron chi connectivity index (χ0n) is 10.5. The fourth-order valence-corrected chi connectivity index (χ4v) is 2.53. The number of ether oxygens (including phenoxy) is 1. The van der Waals surface area contributed by atoms with Gasteiger partial charge in [0.25, 0.3) is 0 Å². The van der Waals surface area contributed by atoms with E-state index in [2.05, 4.69) is 11.6 Å². The van der Waals surface area contributed by atoms with E-state index < -0.39 is 11.4 Å². The van der Waals surface area contributed by atoms with E-state index in [1.807, 2.05) is 0 Å². The molecule has 1 aromatic heterocycles. The summed E-state index contributed by atoms with van der Waals surface area (Å²) in [7, 11) is 0. The number of aromatic amines is 1. The van der Waals surface area contributed by atoms with Gasteiger partial charge in [0, 0.05) is 6.20 Å². The van der Waals surface area contributed by atoms with Gasteiger partial charge in [-0.25, -0.2) is 0 Å². The van der Waals surface area contributed by atoms with Gasteiger partial charge in [-0.15, -0.1) is 0 Å². The summed E-state index contributed by atoms with van der Waals surface area (Å²) in [5.41, 5.74) is -0.0763. The summed E-state index contributed by atoms with van der Waals surface area (Å²) in [5.74, 6) is -0.694. The van der Waals surface area contributed by atoms with E-state index >= 15 is 0 Å². The molecule has 1 saturated carbocycles. The van der Waals surface area contributed by atoms with Crippen LogP contribution < -0.4 is 0 Å². The van der Waals surface area contributed by atoms with Crippen LogP contribution in [0.5, 0.6) is 0 Å². The van der Waals surface area contributed by atoms with Crippen LogP contribution in [0.4, 0.5) is 0 Å². The molecule has 0 amide bonds. The first-order valence-corrected chi connectivity index (χ1v) is 6.16. The Morgan fingerprint density at radius 3 is 2.83 bits per heavy atom. The summed E-state index contributed by atoms with van der Waals surface area (Å²) in [4.78, 5) is 27.6. The second-order valence-electron chi connectivity index (χ2n) is 4.50. The standard InChI is InChI=1S/C14H17NO3/c1-3-18-13(17)14(8-4-6-10(14)2)12(16)11-7-5-9-15-11/h5,7,9,15H,2-4,6,8H2,1H3. The molecule has 0 aromatic carbocycles. The van der Waals surface area contributed by atoms with Crippen LogP contribution in [-0.4, -0.2) is 23.3 Å². The normalized spacial score (nSPS) is 23.1. The molecule has 1 N–H and O–H groups in total. The van der Waals surface area contributed by atoms with E-state index in [9.17, 15) is 9.59 Å². The van der Waals surface area contributed by atoms with Crippen molar-refractivity contribution in [2.75, 3.05) is 6.61 Å². The minimum absolute atomic E-state index is 0.228. The molecule has 0 bridgehead atoms. The van der Waals surface area contributed by atoms with Gasteiger partial charge in [0.2, 0.25) is 0 Å². The molecule has 1 heterocycles. The van der Waals surface area contributed by atoms with Gasteiger partial charge in [0.05, 0.1) is 12.3 Å². The zero-order valence-corrected chi connectivity index (χ0v) is 10.5. The Hall–Kier alpha value is -1.84. The number of nitrogens with one attached hydrogen (secondary N) is 1. The van der Waals surface area contributed by atoms with Crippen molar-refractivity contribution < 1.29 is 14.3 Å². The molecule has 1 fully saturated rings. The maximum absolute atomic E-state index is 12.6. The van der Waals surface area contributed by atoms with Gasteiger partial charge in [-0.3, -0.25) is 9.59 Å². The molecule has 18 heavy (non-hydrogen) atoms. The third kappa shape index (κ3) is 1.78. The lowest BCUT2D eigenvalue weighted by Gasteiger charge is -2.25. The number of carbonyl (C=O) groups is 2. The summed E-state index contributed by atoms with van der Waals surface area (Å²) in [5, 5.41) is 0. The molecule has 1 aliphatic carbocycles. The summed E-state index contributed by atoms with van der Waals surface area (Å²) >= 11 is 0. The highest BCUT2D eigenvalue weighted by Gasteiger charge is 2.52. The molecule has 1 unspecified atom stereocenters. The van der Waals surface area contributed by atoms with Gasteiger partial charge in [-0.05, 0) is 38.3 Å². The molecule has 4 nitrogen and oxygen atoms in total. The lowest BCUT2D eigenvalue weighted by molar-refractivity contribution is -0.150. The number of Topliss-reactive ketones (excluding diaryl/α,β-unsaturated/α-hetero) is 1. The van der Waals surface area contributed by atoms with Gasteiger partial charge in [0.15, 0.2) is 11.2 Å². The van der Waals surface area contributed by atoms with Gasteiger partial charge >= 0.3 is 5.97 Å². The first-order valence-electron chi connectivity index (χ1n) is 6.16. The number of hydrogen-bond acceptors (Lipinski definition) is 3. The predicted molar refractivity (Wildman–Crippen MR) is 67.2 cm³/mol. The smallest absolute Gasteiger partial charge is 0.324 e. The van der Waals surface area contributed by atoms with E-state index in [0.717, 1.165) is 6.42 Å². The topological polar surface area (TPSA) is 59.2 Å². The molecule has 96 valence electrons. The highest BCUT2D eigenvalue weighted by atomic mass is 16.5. The maximum atomic E-state index is 12.6. The molecule has 0 aliphatic heterocycles. The Balaban J connectivity index is 2.40. The molecule has 1 aromatic rings. The molecular weight excluding hydrogens is 230 g/mol. The first-order chi connectivity index (χ1) is 8.63. The molecule has 2 rings (SSSR count). The zero-order chi connectivity index (χ0) is 13.2. The molecule has 1 atom stereocenters. The van der Waals surface area contributed by atoms with E-state index in [1.165, 1.54) is 0 Å². The highest BCUT2D eigenvalue weighted by Crippen LogP contribution is 2.45. The van der Waals surface area contributed by atoms with Crippen LogP contribution in [0.25, 0.3) is 0 Å². The lowest BCUT2D eigenvalue weighted by atomic mass is 9.77. The minimum Gasteiger partial charge on any atom is -0.465 e. The number of aromatic nitrogens is 1. The summed E-state index contributed by atoms with van der Waals surface area (Å²) in [6.07, 6.45) is 3.65. The Bertz CT molecular complexity index is 475. The second-order valence-corrected chi connectivity index (χ2v) is 4.50. The average molecular weight is 247 g/mol.